The zero-order valence-electron chi connectivity index (χ0n) is 9.97. The molecule has 1 heterocycles. The van der Waals surface area contributed by atoms with E-state index in [4.69, 9.17) is 5.26 Å². The van der Waals surface area contributed by atoms with E-state index in [0.717, 1.165) is 6.26 Å². The Labute approximate surface area is 126 Å². The predicted molar refractivity (Wildman–Crippen MR) is 80.5 cm³/mol. The van der Waals surface area contributed by atoms with Crippen LogP contribution in [0.2, 0.25) is 0 Å². The van der Waals surface area contributed by atoms with Crippen LogP contribution in [0.5, 0.6) is 0 Å². The van der Waals surface area contributed by atoms with E-state index in [9.17, 15) is 18.0 Å². The minimum atomic E-state index is -3.79. The van der Waals surface area contributed by atoms with Gasteiger partial charge in [0.2, 0.25) is 10.0 Å². The summed E-state index contributed by atoms with van der Waals surface area (Å²) in [5, 5.41) is 8.97. The van der Waals surface area contributed by atoms with Gasteiger partial charge in [0.25, 0.3) is 5.56 Å². The van der Waals surface area contributed by atoms with Crippen molar-refractivity contribution in [3.8, 4) is 6.07 Å². The number of fused-ring (bicyclic) bond motifs is 1. The molecular weight excluding hydrogens is 399 g/mol. The lowest BCUT2D eigenvalue weighted by molar-refractivity contribution is 0.598. The van der Waals surface area contributed by atoms with Crippen molar-refractivity contribution in [3.05, 3.63) is 42.1 Å². The molecule has 0 atom stereocenters. The minimum absolute atomic E-state index is 0.0396. The number of aromatic nitrogens is 2. The normalized spacial score (nSPS) is 11.2. The molecule has 1 aromatic carbocycles. The van der Waals surface area contributed by atoms with E-state index < -0.39 is 21.3 Å². The maximum Gasteiger partial charge on any atom is 0.348 e. The van der Waals surface area contributed by atoms with Crippen molar-refractivity contribution < 1.29 is 8.42 Å². The molecule has 104 valence electrons. The average molecular weight is 406 g/mol. The van der Waals surface area contributed by atoms with Crippen LogP contribution < -0.4 is 16.1 Å². The molecule has 0 fully saturated rings. The molecule has 0 aliphatic carbocycles. The lowest BCUT2D eigenvalue weighted by Gasteiger charge is -2.07. The van der Waals surface area contributed by atoms with E-state index in [2.05, 4.69) is 4.98 Å². The van der Waals surface area contributed by atoms with Gasteiger partial charge in [0.05, 0.1) is 22.7 Å². The largest absolute Gasteiger partial charge is 0.348 e. The quantitative estimate of drug-likeness (QED) is 0.661. The standard InChI is InChI=1S/C10H7IN4O4S/c1-20(18,19)14-15-9(16)6-2-5(4-12)7(11)3-8(6)13-10(15)17/h2-3,14H,1H3,(H,13,17). The van der Waals surface area contributed by atoms with E-state index in [0.29, 0.717) is 8.25 Å². The van der Waals surface area contributed by atoms with Crippen molar-refractivity contribution >= 4 is 43.5 Å². The third-order valence-corrected chi connectivity index (χ3v) is 3.77. The molecule has 1 aromatic heterocycles. The van der Waals surface area contributed by atoms with Crippen molar-refractivity contribution in [2.75, 3.05) is 11.1 Å². The Morgan fingerprint density at radius 1 is 1.40 bits per heavy atom. The van der Waals surface area contributed by atoms with Gasteiger partial charge in [-0.05, 0) is 34.7 Å². The summed E-state index contributed by atoms with van der Waals surface area (Å²) >= 11 is 1.90. The van der Waals surface area contributed by atoms with Crippen molar-refractivity contribution in [1.29, 1.82) is 5.26 Å². The number of halogens is 1. The van der Waals surface area contributed by atoms with Crippen LogP contribution in [0.4, 0.5) is 0 Å². The number of nitriles is 1. The number of hydrogen-bond donors (Lipinski definition) is 2. The average Bonchev–Trinajstić information content (AvgIpc) is 2.33. The van der Waals surface area contributed by atoms with E-state index in [-0.39, 0.29) is 16.5 Å². The maximum absolute atomic E-state index is 12.1. The van der Waals surface area contributed by atoms with Crippen molar-refractivity contribution in [3.63, 3.8) is 0 Å². The molecule has 20 heavy (non-hydrogen) atoms. The molecule has 0 saturated carbocycles. The lowest BCUT2D eigenvalue weighted by Crippen LogP contribution is -2.43. The minimum Gasteiger partial charge on any atom is -0.305 e. The second-order valence-electron chi connectivity index (χ2n) is 3.92. The number of aromatic amines is 1. The highest BCUT2D eigenvalue weighted by Gasteiger charge is 2.13. The number of benzene rings is 1. The highest BCUT2D eigenvalue weighted by Crippen LogP contribution is 2.16. The van der Waals surface area contributed by atoms with E-state index >= 15 is 0 Å². The molecule has 2 rings (SSSR count). The van der Waals surface area contributed by atoms with E-state index in [1.165, 1.54) is 12.1 Å². The summed E-state index contributed by atoms with van der Waals surface area (Å²) in [6.07, 6.45) is 0.817. The first-order chi connectivity index (χ1) is 9.23. The summed E-state index contributed by atoms with van der Waals surface area (Å²) in [7, 11) is -3.79. The Bertz CT molecular complexity index is 968. The van der Waals surface area contributed by atoms with Gasteiger partial charge in [0.15, 0.2) is 0 Å². The second kappa shape index (κ2) is 4.91. The van der Waals surface area contributed by atoms with Crippen LogP contribution in [0, 0.1) is 14.9 Å². The van der Waals surface area contributed by atoms with Crippen molar-refractivity contribution in [2.45, 2.75) is 0 Å². The van der Waals surface area contributed by atoms with Gasteiger partial charge in [-0.25, -0.2) is 18.0 Å². The fourth-order valence-corrected chi connectivity index (χ4v) is 2.66. The first-order valence-corrected chi connectivity index (χ1v) is 8.06. The third kappa shape index (κ3) is 2.68. The molecule has 2 aromatic rings. The molecule has 0 aliphatic rings. The van der Waals surface area contributed by atoms with Crippen LogP contribution in [0.25, 0.3) is 10.9 Å². The highest BCUT2D eigenvalue weighted by molar-refractivity contribution is 14.1. The van der Waals surface area contributed by atoms with Crippen LogP contribution >= 0.6 is 22.6 Å². The number of nitrogens with one attached hydrogen (secondary N) is 2. The van der Waals surface area contributed by atoms with Gasteiger partial charge >= 0.3 is 5.69 Å². The monoisotopic (exact) mass is 406 g/mol. The summed E-state index contributed by atoms with van der Waals surface area (Å²) in [6.45, 7) is 0. The van der Waals surface area contributed by atoms with Crippen molar-refractivity contribution in [1.82, 2.24) is 9.66 Å². The van der Waals surface area contributed by atoms with Crippen LogP contribution in [0.1, 0.15) is 5.56 Å². The fourth-order valence-electron chi connectivity index (χ4n) is 1.57. The predicted octanol–water partition coefficient (Wildman–Crippen LogP) is -0.331. The first kappa shape index (κ1) is 14.5. The molecule has 0 amide bonds. The zero-order valence-corrected chi connectivity index (χ0v) is 12.9. The van der Waals surface area contributed by atoms with Gasteiger partial charge in [-0.2, -0.15) is 9.94 Å². The molecule has 2 N–H and O–H groups in total. The number of H-pyrrole nitrogens is 1. The van der Waals surface area contributed by atoms with Gasteiger partial charge in [-0.15, -0.1) is 0 Å². The van der Waals surface area contributed by atoms with Crippen LogP contribution in [-0.2, 0) is 10.0 Å². The van der Waals surface area contributed by atoms with Crippen LogP contribution in [0.3, 0.4) is 0 Å². The number of hydrogen-bond acceptors (Lipinski definition) is 5. The van der Waals surface area contributed by atoms with Crippen LogP contribution in [0.15, 0.2) is 21.7 Å². The lowest BCUT2D eigenvalue weighted by atomic mass is 10.2. The molecule has 0 unspecified atom stereocenters. The van der Waals surface area contributed by atoms with Gasteiger partial charge in [-0.3, -0.25) is 4.79 Å². The Balaban J connectivity index is 2.89. The summed E-state index contributed by atoms with van der Waals surface area (Å²) in [6, 6.07) is 4.69. The van der Waals surface area contributed by atoms with Gasteiger partial charge in [-0.1, -0.05) is 0 Å². The molecule has 8 nitrogen and oxygen atoms in total. The summed E-state index contributed by atoms with van der Waals surface area (Å²) < 4.78 is 23.2. The molecular formula is C10H7IN4O4S. The van der Waals surface area contributed by atoms with Gasteiger partial charge in [0, 0.05) is 3.57 Å². The Morgan fingerprint density at radius 2 is 2.05 bits per heavy atom. The molecule has 0 spiro atoms. The third-order valence-electron chi connectivity index (χ3n) is 2.36. The summed E-state index contributed by atoms with van der Waals surface area (Å²) in [5.74, 6) is 0. The Morgan fingerprint density at radius 3 is 2.60 bits per heavy atom. The van der Waals surface area contributed by atoms with E-state index in [1.54, 1.807) is 0 Å². The summed E-state index contributed by atoms with van der Waals surface area (Å²) in [5.41, 5.74) is -1.27. The van der Waals surface area contributed by atoms with E-state index in [1.807, 2.05) is 33.5 Å². The smallest absolute Gasteiger partial charge is 0.305 e. The Hall–Kier alpha value is -1.87. The molecule has 0 radical (unpaired) electrons. The topological polar surface area (TPSA) is 125 Å². The molecule has 0 aliphatic heterocycles. The van der Waals surface area contributed by atoms with Crippen molar-refractivity contribution in [2.24, 2.45) is 0 Å². The molecule has 0 saturated heterocycles. The Kier molecular flexibility index (Phi) is 3.57. The van der Waals surface area contributed by atoms with Gasteiger partial charge < -0.3 is 4.98 Å². The molecule has 0 bridgehead atoms. The number of nitrogens with zero attached hydrogens (tertiary/aromatic N) is 2. The SMILES string of the molecule is CS(=O)(=O)Nn1c(=O)[nH]c2cc(I)c(C#N)cc2c1=O. The number of rotatable bonds is 2. The fraction of sp³-hybridized carbons (Fsp3) is 0.100. The summed E-state index contributed by atoms with van der Waals surface area (Å²) in [4.78, 5) is 28.0. The zero-order chi connectivity index (χ0) is 15.1. The van der Waals surface area contributed by atoms with Crippen LogP contribution in [-0.4, -0.2) is 24.3 Å². The number of sulfonamides is 1. The first-order valence-electron chi connectivity index (χ1n) is 5.09. The van der Waals surface area contributed by atoms with Gasteiger partial charge in [0.1, 0.15) is 6.07 Å². The highest BCUT2D eigenvalue weighted by atomic mass is 127. The second-order valence-corrected chi connectivity index (χ2v) is 6.81. The molecule has 10 heteroatoms. The maximum atomic E-state index is 12.1.